The molecule has 5 heteroatoms. The molecule has 3 rings (SSSR count). The molecule has 0 spiro atoms. The summed E-state index contributed by atoms with van der Waals surface area (Å²) < 4.78 is 5.59. The maximum atomic E-state index is 5.59. The number of halogens is 2. The Hall–Kier alpha value is -0.480. The molecule has 1 atom stereocenters. The molecule has 0 unspecified atom stereocenters. The Kier molecular flexibility index (Phi) is 9.30. The van der Waals surface area contributed by atoms with Crippen LogP contribution in [0.4, 0.5) is 0 Å². The Morgan fingerprint density at radius 1 is 1.09 bits per heavy atom. The normalized spacial score (nSPS) is 20.4. The molecule has 1 aliphatic carbocycles. The fourth-order valence-electron chi connectivity index (χ4n) is 3.94. The zero-order valence-corrected chi connectivity index (χ0v) is 15.6. The summed E-state index contributed by atoms with van der Waals surface area (Å²) in [6.45, 7) is 7.38. The lowest BCUT2D eigenvalue weighted by Gasteiger charge is -2.38. The van der Waals surface area contributed by atoms with Crippen LogP contribution in [0.3, 0.4) is 0 Å². The minimum absolute atomic E-state index is 0. The number of piperazine rings is 1. The van der Waals surface area contributed by atoms with Gasteiger partial charge in [-0.25, -0.2) is 0 Å². The van der Waals surface area contributed by atoms with E-state index in [0.717, 1.165) is 31.4 Å². The highest BCUT2D eigenvalue weighted by atomic mass is 35.5. The maximum absolute atomic E-state index is 5.59. The second-order valence-corrected chi connectivity index (χ2v) is 6.28. The van der Waals surface area contributed by atoms with E-state index in [-0.39, 0.29) is 24.8 Å². The maximum Gasteiger partial charge on any atom is 0.119 e. The molecular formula is C18H30Cl2N2O. The Morgan fingerprint density at radius 2 is 1.70 bits per heavy atom. The van der Waals surface area contributed by atoms with Gasteiger partial charge in [0, 0.05) is 32.2 Å². The van der Waals surface area contributed by atoms with Crippen LogP contribution in [-0.2, 0) is 0 Å². The Balaban J connectivity index is 0.00000132. The Labute approximate surface area is 153 Å². The first-order valence-corrected chi connectivity index (χ1v) is 8.56. The second-order valence-electron chi connectivity index (χ2n) is 6.28. The van der Waals surface area contributed by atoms with Gasteiger partial charge in [-0.3, -0.25) is 4.90 Å². The van der Waals surface area contributed by atoms with Gasteiger partial charge in [-0.15, -0.1) is 24.8 Å². The van der Waals surface area contributed by atoms with Gasteiger partial charge < -0.3 is 10.1 Å². The SMILES string of the molecule is CCOc1ccc([C@H](C2CCCC2)N2CCNCC2)cc1.Cl.Cl. The van der Waals surface area contributed by atoms with Gasteiger partial charge in [0.25, 0.3) is 0 Å². The monoisotopic (exact) mass is 360 g/mol. The lowest BCUT2D eigenvalue weighted by molar-refractivity contribution is 0.125. The van der Waals surface area contributed by atoms with Gasteiger partial charge >= 0.3 is 0 Å². The van der Waals surface area contributed by atoms with Gasteiger partial charge in [-0.2, -0.15) is 0 Å². The molecule has 1 N–H and O–H groups in total. The summed E-state index contributed by atoms with van der Waals surface area (Å²) in [4.78, 5) is 2.70. The van der Waals surface area contributed by atoms with Gasteiger partial charge in [0.05, 0.1) is 6.61 Å². The number of nitrogens with one attached hydrogen (secondary N) is 1. The Morgan fingerprint density at radius 3 is 2.26 bits per heavy atom. The van der Waals surface area contributed by atoms with Crippen molar-refractivity contribution in [3.63, 3.8) is 0 Å². The lowest BCUT2D eigenvalue weighted by Crippen LogP contribution is -2.46. The quantitative estimate of drug-likeness (QED) is 0.856. The highest BCUT2D eigenvalue weighted by molar-refractivity contribution is 5.85. The smallest absolute Gasteiger partial charge is 0.119 e. The minimum Gasteiger partial charge on any atom is -0.494 e. The highest BCUT2D eigenvalue weighted by Gasteiger charge is 2.31. The van der Waals surface area contributed by atoms with E-state index in [1.54, 1.807) is 0 Å². The lowest BCUT2D eigenvalue weighted by atomic mass is 9.89. The average Bonchev–Trinajstić information content (AvgIpc) is 3.05. The predicted molar refractivity (Wildman–Crippen MR) is 101 cm³/mol. The van der Waals surface area contributed by atoms with E-state index in [1.165, 1.54) is 44.3 Å². The van der Waals surface area contributed by atoms with Crippen molar-refractivity contribution in [1.82, 2.24) is 10.2 Å². The van der Waals surface area contributed by atoms with Crippen molar-refractivity contribution in [3.05, 3.63) is 29.8 Å². The third kappa shape index (κ3) is 5.25. The standard InChI is InChI=1S/C18H28N2O.2ClH/c1-2-21-17-9-7-16(8-10-17)18(15-5-3-4-6-15)20-13-11-19-12-14-20;;/h7-10,15,18-19H,2-6,11-14H2,1H3;2*1H/t18-;;/m0../s1. The van der Waals surface area contributed by atoms with E-state index in [1.807, 2.05) is 6.92 Å². The third-order valence-corrected chi connectivity index (χ3v) is 4.92. The summed E-state index contributed by atoms with van der Waals surface area (Å²) >= 11 is 0. The molecule has 23 heavy (non-hydrogen) atoms. The first kappa shape index (κ1) is 20.6. The summed E-state index contributed by atoms with van der Waals surface area (Å²) in [6, 6.07) is 9.46. The zero-order valence-electron chi connectivity index (χ0n) is 14.0. The second kappa shape index (κ2) is 10.4. The van der Waals surface area contributed by atoms with E-state index >= 15 is 0 Å². The van der Waals surface area contributed by atoms with Crippen LogP contribution in [-0.4, -0.2) is 37.7 Å². The van der Waals surface area contributed by atoms with Crippen molar-refractivity contribution < 1.29 is 4.74 Å². The molecular weight excluding hydrogens is 331 g/mol. The van der Waals surface area contributed by atoms with Crippen molar-refractivity contribution >= 4 is 24.8 Å². The topological polar surface area (TPSA) is 24.5 Å². The molecule has 0 bridgehead atoms. The molecule has 1 aromatic carbocycles. The fourth-order valence-corrected chi connectivity index (χ4v) is 3.94. The third-order valence-electron chi connectivity index (χ3n) is 4.92. The molecule has 1 saturated carbocycles. The molecule has 1 aromatic rings. The fraction of sp³-hybridized carbons (Fsp3) is 0.667. The van der Waals surface area contributed by atoms with E-state index in [2.05, 4.69) is 34.5 Å². The molecule has 1 heterocycles. The van der Waals surface area contributed by atoms with Crippen LogP contribution >= 0.6 is 24.8 Å². The molecule has 3 nitrogen and oxygen atoms in total. The molecule has 2 fully saturated rings. The van der Waals surface area contributed by atoms with Crippen LogP contribution in [0.25, 0.3) is 0 Å². The molecule has 0 amide bonds. The molecule has 2 aliphatic rings. The van der Waals surface area contributed by atoms with E-state index in [0.29, 0.717) is 6.04 Å². The first-order chi connectivity index (χ1) is 10.4. The summed E-state index contributed by atoms with van der Waals surface area (Å²) in [5.74, 6) is 1.83. The van der Waals surface area contributed by atoms with Gasteiger partial charge in [0.2, 0.25) is 0 Å². The number of hydrogen-bond acceptors (Lipinski definition) is 3. The van der Waals surface area contributed by atoms with Crippen LogP contribution in [0.2, 0.25) is 0 Å². The number of ether oxygens (including phenoxy) is 1. The van der Waals surface area contributed by atoms with E-state index < -0.39 is 0 Å². The van der Waals surface area contributed by atoms with E-state index in [9.17, 15) is 0 Å². The number of nitrogens with zero attached hydrogens (tertiary/aromatic N) is 1. The first-order valence-electron chi connectivity index (χ1n) is 8.56. The van der Waals surface area contributed by atoms with Crippen molar-refractivity contribution in [2.45, 2.75) is 38.6 Å². The van der Waals surface area contributed by atoms with Crippen LogP contribution in [0.15, 0.2) is 24.3 Å². The number of hydrogen-bond donors (Lipinski definition) is 1. The molecule has 1 saturated heterocycles. The van der Waals surface area contributed by atoms with Gasteiger partial charge in [0.1, 0.15) is 5.75 Å². The van der Waals surface area contributed by atoms with Gasteiger partial charge in [0.15, 0.2) is 0 Å². The molecule has 1 aliphatic heterocycles. The van der Waals surface area contributed by atoms with Crippen LogP contribution < -0.4 is 10.1 Å². The van der Waals surface area contributed by atoms with Crippen molar-refractivity contribution in [1.29, 1.82) is 0 Å². The summed E-state index contributed by atoms with van der Waals surface area (Å²) in [5, 5.41) is 3.48. The van der Waals surface area contributed by atoms with Crippen molar-refractivity contribution in [2.75, 3.05) is 32.8 Å². The van der Waals surface area contributed by atoms with Crippen LogP contribution in [0.5, 0.6) is 5.75 Å². The summed E-state index contributed by atoms with van der Waals surface area (Å²) in [5.41, 5.74) is 1.48. The highest BCUT2D eigenvalue weighted by Crippen LogP contribution is 2.40. The summed E-state index contributed by atoms with van der Waals surface area (Å²) in [6.07, 6.45) is 5.60. The van der Waals surface area contributed by atoms with Crippen molar-refractivity contribution in [2.24, 2.45) is 5.92 Å². The van der Waals surface area contributed by atoms with Gasteiger partial charge in [-0.1, -0.05) is 25.0 Å². The zero-order chi connectivity index (χ0) is 14.5. The molecule has 0 aromatic heterocycles. The van der Waals surface area contributed by atoms with Crippen molar-refractivity contribution in [3.8, 4) is 5.75 Å². The van der Waals surface area contributed by atoms with Crippen LogP contribution in [0.1, 0.15) is 44.2 Å². The number of benzene rings is 1. The molecule has 0 radical (unpaired) electrons. The van der Waals surface area contributed by atoms with E-state index in [4.69, 9.17) is 4.74 Å². The average molecular weight is 361 g/mol. The Bertz CT molecular complexity index is 429. The number of rotatable bonds is 5. The molecule has 132 valence electrons. The predicted octanol–water partition coefficient (Wildman–Crippen LogP) is 4.07. The van der Waals surface area contributed by atoms with Crippen LogP contribution in [0, 0.1) is 5.92 Å². The minimum atomic E-state index is 0. The van der Waals surface area contributed by atoms with Gasteiger partial charge in [-0.05, 0) is 43.4 Å². The summed E-state index contributed by atoms with van der Waals surface area (Å²) in [7, 11) is 0. The largest absolute Gasteiger partial charge is 0.494 e.